The molecule has 0 fully saturated rings. The number of aromatic nitrogens is 1. The summed E-state index contributed by atoms with van der Waals surface area (Å²) in [6, 6.07) is 7.86. The molecular formula is C16H18FN3O3S. The molecular weight excluding hydrogens is 333 g/mol. The van der Waals surface area contributed by atoms with Crippen LogP contribution in [0.2, 0.25) is 0 Å². The summed E-state index contributed by atoms with van der Waals surface area (Å²) in [6.45, 7) is 3.53. The lowest BCUT2D eigenvalue weighted by Gasteiger charge is -2.10. The third-order valence-corrected chi connectivity index (χ3v) is 4.29. The highest BCUT2D eigenvalue weighted by Gasteiger charge is 2.16. The van der Waals surface area contributed by atoms with Crippen LogP contribution in [0.4, 0.5) is 10.2 Å². The number of rotatable bonds is 7. The monoisotopic (exact) mass is 351 g/mol. The minimum atomic E-state index is -0.443. The number of carbonyl (C=O) groups excluding carboxylic acids is 2. The number of hydrogen-bond donors (Lipinski definition) is 2. The van der Waals surface area contributed by atoms with Gasteiger partial charge in [-0.1, -0.05) is 23.4 Å². The Morgan fingerprint density at radius 3 is 2.79 bits per heavy atom. The van der Waals surface area contributed by atoms with Crippen molar-refractivity contribution in [3.63, 3.8) is 0 Å². The molecule has 0 spiro atoms. The number of benzene rings is 1. The molecule has 128 valence electrons. The van der Waals surface area contributed by atoms with Crippen LogP contribution in [0.3, 0.4) is 0 Å². The third-order valence-electron chi connectivity index (χ3n) is 3.15. The second kappa shape index (κ2) is 8.49. The highest BCUT2D eigenvalue weighted by atomic mass is 32.2. The van der Waals surface area contributed by atoms with Crippen molar-refractivity contribution < 1.29 is 18.5 Å². The molecule has 6 nitrogen and oxygen atoms in total. The van der Waals surface area contributed by atoms with Crippen molar-refractivity contribution in [2.75, 3.05) is 11.1 Å². The summed E-state index contributed by atoms with van der Waals surface area (Å²) in [5, 5.41) is 8.46. The fourth-order valence-corrected chi connectivity index (χ4v) is 2.53. The molecule has 2 N–H and O–H groups in total. The van der Waals surface area contributed by atoms with Crippen LogP contribution >= 0.6 is 11.8 Å². The molecule has 2 amide bonds. The van der Waals surface area contributed by atoms with Gasteiger partial charge in [0.1, 0.15) is 11.6 Å². The molecule has 1 aromatic carbocycles. The first-order valence-electron chi connectivity index (χ1n) is 7.31. The molecule has 0 saturated heterocycles. The molecule has 8 heteroatoms. The summed E-state index contributed by atoms with van der Waals surface area (Å²) in [5.74, 6) is 0.143. The van der Waals surface area contributed by atoms with Gasteiger partial charge in [0, 0.05) is 18.2 Å². The van der Waals surface area contributed by atoms with Gasteiger partial charge in [0.2, 0.25) is 11.8 Å². The van der Waals surface area contributed by atoms with Crippen molar-refractivity contribution in [2.45, 2.75) is 25.6 Å². The zero-order valence-electron chi connectivity index (χ0n) is 13.3. The van der Waals surface area contributed by atoms with E-state index in [1.54, 1.807) is 38.1 Å². The lowest BCUT2D eigenvalue weighted by Crippen LogP contribution is -2.28. The summed E-state index contributed by atoms with van der Waals surface area (Å²) in [5.41, 5.74) is 0.419. The smallest absolute Gasteiger partial charge is 0.238 e. The Morgan fingerprint density at radius 2 is 2.12 bits per heavy atom. The fraction of sp³-hybridized carbons (Fsp3) is 0.312. The number of thioether (sulfide) groups is 1. The quantitative estimate of drug-likeness (QED) is 0.801. The highest BCUT2D eigenvalue weighted by Crippen LogP contribution is 2.14. The molecule has 2 rings (SSSR count). The van der Waals surface area contributed by atoms with Gasteiger partial charge in [-0.3, -0.25) is 9.59 Å². The number of aryl methyl sites for hydroxylation is 1. The number of nitrogens with one attached hydrogen (secondary N) is 2. The van der Waals surface area contributed by atoms with Gasteiger partial charge in [-0.25, -0.2) is 4.39 Å². The van der Waals surface area contributed by atoms with E-state index >= 15 is 0 Å². The molecule has 0 radical (unpaired) electrons. The normalized spacial score (nSPS) is 11.8. The lowest BCUT2D eigenvalue weighted by molar-refractivity contribution is -0.118. The van der Waals surface area contributed by atoms with Crippen molar-refractivity contribution in [1.29, 1.82) is 0 Å². The van der Waals surface area contributed by atoms with Crippen LogP contribution in [0.5, 0.6) is 0 Å². The van der Waals surface area contributed by atoms with Crippen LogP contribution in [0.25, 0.3) is 0 Å². The molecule has 0 saturated carbocycles. The minimum Gasteiger partial charge on any atom is -0.360 e. The SMILES string of the molecule is Cc1cc(NC(=O)[C@H](C)SCC(=O)NCc2ccccc2F)no1. The highest BCUT2D eigenvalue weighted by molar-refractivity contribution is 8.01. The van der Waals surface area contributed by atoms with E-state index in [1.165, 1.54) is 17.8 Å². The Labute approximate surface area is 143 Å². The minimum absolute atomic E-state index is 0.0981. The molecule has 0 aliphatic rings. The summed E-state index contributed by atoms with van der Waals surface area (Å²) < 4.78 is 18.3. The van der Waals surface area contributed by atoms with E-state index in [9.17, 15) is 14.0 Å². The van der Waals surface area contributed by atoms with Crippen LogP contribution < -0.4 is 10.6 Å². The molecule has 2 aromatic rings. The third kappa shape index (κ3) is 5.38. The Bertz CT molecular complexity index is 720. The predicted octanol–water partition coefficient (Wildman–Crippen LogP) is 2.50. The molecule has 24 heavy (non-hydrogen) atoms. The standard InChI is InChI=1S/C16H18FN3O3S/c1-10-7-14(20-23-10)19-16(22)11(2)24-9-15(21)18-8-12-5-3-4-6-13(12)17/h3-7,11H,8-9H2,1-2H3,(H,18,21)(H,19,20,22)/t11-/m0/s1. The number of nitrogens with zero attached hydrogens (tertiary/aromatic N) is 1. The largest absolute Gasteiger partial charge is 0.360 e. The summed E-state index contributed by atoms with van der Waals surface area (Å²) in [6.07, 6.45) is 0. The molecule has 1 atom stereocenters. The van der Waals surface area contributed by atoms with Crippen LogP contribution in [0.1, 0.15) is 18.2 Å². The average Bonchev–Trinajstić information content (AvgIpc) is 2.96. The van der Waals surface area contributed by atoms with Crippen LogP contribution in [-0.2, 0) is 16.1 Å². The van der Waals surface area contributed by atoms with Crippen molar-refractivity contribution in [3.05, 3.63) is 47.5 Å². The van der Waals surface area contributed by atoms with E-state index < -0.39 is 5.25 Å². The van der Waals surface area contributed by atoms with Crippen LogP contribution in [-0.4, -0.2) is 28.0 Å². The van der Waals surface area contributed by atoms with Crippen LogP contribution in [0.15, 0.2) is 34.9 Å². The molecule has 0 aliphatic carbocycles. The van der Waals surface area contributed by atoms with Gasteiger partial charge in [-0.15, -0.1) is 11.8 Å². The van der Waals surface area contributed by atoms with Gasteiger partial charge in [-0.2, -0.15) is 0 Å². The number of carbonyl (C=O) groups is 2. The maximum atomic E-state index is 13.4. The van der Waals surface area contributed by atoms with E-state index in [2.05, 4.69) is 15.8 Å². The second-order valence-electron chi connectivity index (χ2n) is 5.13. The van der Waals surface area contributed by atoms with Crippen molar-refractivity contribution in [3.8, 4) is 0 Å². The Kier molecular flexibility index (Phi) is 6.36. The first-order chi connectivity index (χ1) is 11.5. The van der Waals surface area contributed by atoms with Crippen molar-refractivity contribution in [1.82, 2.24) is 10.5 Å². The Hall–Kier alpha value is -2.35. The van der Waals surface area contributed by atoms with E-state index in [-0.39, 0.29) is 29.9 Å². The topological polar surface area (TPSA) is 84.2 Å². The average molecular weight is 351 g/mol. The number of halogens is 1. The number of anilines is 1. The number of hydrogen-bond acceptors (Lipinski definition) is 5. The maximum Gasteiger partial charge on any atom is 0.238 e. The van der Waals surface area contributed by atoms with Gasteiger partial charge in [0.15, 0.2) is 5.82 Å². The first kappa shape index (κ1) is 18.0. The van der Waals surface area contributed by atoms with E-state index in [0.717, 1.165) is 0 Å². The van der Waals surface area contributed by atoms with Gasteiger partial charge in [0.05, 0.1) is 11.0 Å². The maximum absolute atomic E-state index is 13.4. The second-order valence-corrected chi connectivity index (χ2v) is 6.46. The summed E-state index contributed by atoms with van der Waals surface area (Å²) in [7, 11) is 0. The van der Waals surface area contributed by atoms with Crippen LogP contribution in [0, 0.1) is 12.7 Å². The lowest BCUT2D eigenvalue weighted by atomic mass is 10.2. The molecule has 0 aliphatic heterocycles. The van der Waals surface area contributed by atoms with Gasteiger partial charge >= 0.3 is 0 Å². The van der Waals surface area contributed by atoms with Gasteiger partial charge < -0.3 is 15.2 Å². The van der Waals surface area contributed by atoms with Gasteiger partial charge in [0.25, 0.3) is 0 Å². The predicted molar refractivity (Wildman–Crippen MR) is 90.0 cm³/mol. The van der Waals surface area contributed by atoms with E-state index in [1.807, 2.05) is 0 Å². The summed E-state index contributed by atoms with van der Waals surface area (Å²) >= 11 is 1.18. The molecule has 1 heterocycles. The zero-order chi connectivity index (χ0) is 17.5. The van der Waals surface area contributed by atoms with E-state index in [0.29, 0.717) is 17.1 Å². The molecule has 0 bridgehead atoms. The van der Waals surface area contributed by atoms with Crippen molar-refractivity contribution >= 4 is 29.4 Å². The van der Waals surface area contributed by atoms with Gasteiger partial charge in [-0.05, 0) is 19.9 Å². The first-order valence-corrected chi connectivity index (χ1v) is 8.36. The van der Waals surface area contributed by atoms with Crippen molar-refractivity contribution in [2.24, 2.45) is 0 Å². The zero-order valence-corrected chi connectivity index (χ0v) is 14.2. The Morgan fingerprint density at radius 1 is 1.38 bits per heavy atom. The molecule has 0 unspecified atom stereocenters. The fourth-order valence-electron chi connectivity index (χ4n) is 1.82. The number of amides is 2. The Balaban J connectivity index is 1.72. The summed E-state index contributed by atoms with van der Waals surface area (Å²) in [4.78, 5) is 23.8. The molecule has 1 aromatic heterocycles. The van der Waals surface area contributed by atoms with E-state index in [4.69, 9.17) is 4.52 Å².